The van der Waals surface area contributed by atoms with Gasteiger partial charge in [0, 0.05) is 54.8 Å². The highest BCUT2D eigenvalue weighted by atomic mass is 16.5. The van der Waals surface area contributed by atoms with Crippen LogP contribution in [-0.2, 0) is 11.3 Å². The molecule has 0 aromatic carbocycles. The fourth-order valence-corrected chi connectivity index (χ4v) is 4.77. The summed E-state index contributed by atoms with van der Waals surface area (Å²) in [5.74, 6) is 1.75. The monoisotopic (exact) mass is 433 g/mol. The molecule has 5 nitrogen and oxygen atoms in total. The Morgan fingerprint density at radius 3 is 2.78 bits per heavy atom. The van der Waals surface area contributed by atoms with Gasteiger partial charge in [0.05, 0.1) is 16.7 Å². The van der Waals surface area contributed by atoms with Crippen LogP contribution < -0.4 is 0 Å². The molecule has 0 saturated carbocycles. The first-order chi connectivity index (χ1) is 15.6. The fraction of sp³-hybridized carbons (Fsp3) is 0.481. The van der Waals surface area contributed by atoms with Crippen molar-refractivity contribution in [2.24, 2.45) is 5.92 Å². The first-order valence-corrected chi connectivity index (χ1v) is 11.9. The highest BCUT2D eigenvalue weighted by Crippen LogP contribution is 2.35. The van der Waals surface area contributed by atoms with Crippen LogP contribution in [0.25, 0.3) is 22.2 Å². The Kier molecular flexibility index (Phi) is 7.26. The third kappa shape index (κ3) is 4.73. The second-order valence-corrected chi connectivity index (χ2v) is 8.93. The van der Waals surface area contributed by atoms with E-state index in [0.717, 1.165) is 80.0 Å². The predicted molar refractivity (Wildman–Crippen MR) is 130 cm³/mol. The standard InChI is InChI=1S/C27H35N3O2/c1-5-7-8-10-22(9-6-2)24-18-30(17-21-11-13-31-14-12-21)25-15-23(16-28-27(24)25)26-19(3)29-32-20(26)4/h6,8,10,15-16,18,21-22H,2,5,7,9,11-14,17H2,1,3-4H3/b10-8-. The quantitative estimate of drug-likeness (QED) is 0.350. The van der Waals surface area contributed by atoms with E-state index in [9.17, 15) is 0 Å². The van der Waals surface area contributed by atoms with Gasteiger partial charge in [-0.05, 0) is 51.5 Å². The Bertz CT molecular complexity index is 1070. The van der Waals surface area contributed by atoms with E-state index in [1.807, 2.05) is 26.1 Å². The van der Waals surface area contributed by atoms with Gasteiger partial charge in [-0.25, -0.2) is 0 Å². The molecular formula is C27H35N3O2. The smallest absolute Gasteiger partial charge is 0.141 e. The molecule has 4 heterocycles. The molecule has 5 heteroatoms. The maximum atomic E-state index is 5.59. The van der Waals surface area contributed by atoms with Gasteiger partial charge in [0.1, 0.15) is 5.76 Å². The molecule has 1 aliphatic rings. The number of aromatic nitrogens is 3. The molecule has 0 spiro atoms. The number of rotatable bonds is 9. The van der Waals surface area contributed by atoms with E-state index in [0.29, 0.717) is 5.92 Å². The highest BCUT2D eigenvalue weighted by Gasteiger charge is 2.21. The average molecular weight is 434 g/mol. The number of unbranched alkanes of at least 4 members (excludes halogenated alkanes) is 1. The molecular weight excluding hydrogens is 398 g/mol. The van der Waals surface area contributed by atoms with Crippen molar-refractivity contribution in [1.82, 2.24) is 14.7 Å². The molecule has 1 unspecified atom stereocenters. The minimum absolute atomic E-state index is 0.287. The maximum absolute atomic E-state index is 5.59. The summed E-state index contributed by atoms with van der Waals surface area (Å²) in [5.41, 5.74) is 6.56. The largest absolute Gasteiger partial charge is 0.381 e. The van der Waals surface area contributed by atoms with Gasteiger partial charge < -0.3 is 13.8 Å². The normalized spacial score (nSPS) is 16.2. The van der Waals surface area contributed by atoms with Gasteiger partial charge in [-0.3, -0.25) is 4.98 Å². The zero-order valence-electron chi connectivity index (χ0n) is 19.6. The molecule has 0 aliphatic carbocycles. The molecule has 170 valence electrons. The van der Waals surface area contributed by atoms with E-state index in [-0.39, 0.29) is 5.92 Å². The van der Waals surface area contributed by atoms with E-state index in [2.05, 4.69) is 47.6 Å². The molecule has 1 aliphatic heterocycles. The van der Waals surface area contributed by atoms with Gasteiger partial charge in [0.25, 0.3) is 0 Å². The van der Waals surface area contributed by atoms with Crippen LogP contribution in [0.15, 0.2) is 47.8 Å². The maximum Gasteiger partial charge on any atom is 0.141 e. The van der Waals surface area contributed by atoms with Crippen LogP contribution in [0, 0.1) is 19.8 Å². The predicted octanol–water partition coefficient (Wildman–Crippen LogP) is 6.75. The van der Waals surface area contributed by atoms with Crippen molar-refractivity contribution in [3.05, 3.63) is 60.3 Å². The molecule has 0 N–H and O–H groups in total. The summed E-state index contributed by atoms with van der Waals surface area (Å²) in [6, 6.07) is 2.26. The third-order valence-electron chi connectivity index (χ3n) is 6.51. The zero-order chi connectivity index (χ0) is 22.5. The summed E-state index contributed by atoms with van der Waals surface area (Å²) in [6.07, 6.45) is 16.3. The molecule has 0 bridgehead atoms. The number of fused-ring (bicyclic) bond motifs is 1. The lowest BCUT2D eigenvalue weighted by molar-refractivity contribution is 0.0616. The average Bonchev–Trinajstić information content (AvgIpc) is 3.33. The summed E-state index contributed by atoms with van der Waals surface area (Å²) in [5, 5.41) is 4.14. The molecule has 0 radical (unpaired) electrons. The summed E-state index contributed by atoms with van der Waals surface area (Å²) < 4.78 is 13.4. The van der Waals surface area contributed by atoms with E-state index in [4.69, 9.17) is 14.2 Å². The Labute approximate surface area is 191 Å². The summed E-state index contributed by atoms with van der Waals surface area (Å²) in [6.45, 7) is 12.9. The van der Waals surface area contributed by atoms with Crippen molar-refractivity contribution in [1.29, 1.82) is 0 Å². The Balaban J connectivity index is 1.80. The second kappa shape index (κ2) is 10.3. The van der Waals surface area contributed by atoms with Crippen LogP contribution in [0.5, 0.6) is 0 Å². The van der Waals surface area contributed by atoms with Crippen LogP contribution in [0.3, 0.4) is 0 Å². The highest BCUT2D eigenvalue weighted by molar-refractivity contribution is 5.85. The second-order valence-electron chi connectivity index (χ2n) is 8.93. The lowest BCUT2D eigenvalue weighted by Crippen LogP contribution is -2.20. The molecule has 3 aromatic rings. The van der Waals surface area contributed by atoms with Crippen LogP contribution in [0.2, 0.25) is 0 Å². The van der Waals surface area contributed by atoms with Gasteiger partial charge in [0.2, 0.25) is 0 Å². The molecule has 1 fully saturated rings. The van der Waals surface area contributed by atoms with E-state index in [1.54, 1.807) is 0 Å². The number of nitrogens with zero attached hydrogens (tertiary/aromatic N) is 3. The van der Waals surface area contributed by atoms with Crippen LogP contribution >= 0.6 is 0 Å². The summed E-state index contributed by atoms with van der Waals surface area (Å²) in [4.78, 5) is 4.98. The van der Waals surface area contributed by atoms with Crippen LogP contribution in [-0.4, -0.2) is 27.9 Å². The lowest BCUT2D eigenvalue weighted by Gasteiger charge is -2.22. The summed E-state index contributed by atoms with van der Waals surface area (Å²) >= 11 is 0. The van der Waals surface area contributed by atoms with Crippen LogP contribution in [0.4, 0.5) is 0 Å². The molecule has 1 saturated heterocycles. The van der Waals surface area contributed by atoms with Gasteiger partial charge >= 0.3 is 0 Å². The van der Waals surface area contributed by atoms with Gasteiger partial charge in [-0.1, -0.05) is 36.7 Å². The minimum atomic E-state index is 0.287. The Morgan fingerprint density at radius 2 is 2.09 bits per heavy atom. The van der Waals surface area contributed by atoms with Crippen molar-refractivity contribution in [3.8, 4) is 11.1 Å². The zero-order valence-corrected chi connectivity index (χ0v) is 19.6. The molecule has 3 aromatic heterocycles. The fourth-order valence-electron chi connectivity index (χ4n) is 4.77. The number of hydrogen-bond acceptors (Lipinski definition) is 4. The van der Waals surface area contributed by atoms with Crippen molar-refractivity contribution in [2.45, 2.75) is 65.3 Å². The third-order valence-corrected chi connectivity index (χ3v) is 6.51. The number of aryl methyl sites for hydroxylation is 2. The number of allylic oxidation sites excluding steroid dienone is 3. The minimum Gasteiger partial charge on any atom is -0.381 e. The molecule has 32 heavy (non-hydrogen) atoms. The van der Waals surface area contributed by atoms with E-state index < -0.39 is 0 Å². The lowest BCUT2D eigenvalue weighted by atomic mass is 9.95. The van der Waals surface area contributed by atoms with Crippen molar-refractivity contribution < 1.29 is 9.26 Å². The van der Waals surface area contributed by atoms with Gasteiger partial charge in [-0.2, -0.15) is 0 Å². The first-order valence-electron chi connectivity index (χ1n) is 11.9. The number of pyridine rings is 1. The Hall–Kier alpha value is -2.66. The molecule has 4 rings (SSSR count). The van der Waals surface area contributed by atoms with Gasteiger partial charge in [0.15, 0.2) is 0 Å². The van der Waals surface area contributed by atoms with Crippen molar-refractivity contribution >= 4 is 11.0 Å². The van der Waals surface area contributed by atoms with Gasteiger partial charge in [-0.15, -0.1) is 6.58 Å². The number of hydrogen-bond donors (Lipinski definition) is 0. The van der Waals surface area contributed by atoms with Crippen molar-refractivity contribution in [2.75, 3.05) is 13.2 Å². The first kappa shape index (κ1) is 22.5. The summed E-state index contributed by atoms with van der Waals surface area (Å²) in [7, 11) is 0. The molecule has 1 atom stereocenters. The van der Waals surface area contributed by atoms with Crippen LogP contribution in [0.1, 0.15) is 62.0 Å². The SMILES string of the molecule is C=CCC(/C=C\CCC)c1cn(CC2CCOCC2)c2cc(-c3c(C)noc3C)cnc12. The Morgan fingerprint density at radius 1 is 1.28 bits per heavy atom. The van der Waals surface area contributed by atoms with E-state index >= 15 is 0 Å². The van der Waals surface area contributed by atoms with Crippen molar-refractivity contribution in [3.63, 3.8) is 0 Å². The molecule has 0 amide bonds. The topological polar surface area (TPSA) is 53.1 Å². The van der Waals surface area contributed by atoms with E-state index in [1.165, 1.54) is 11.1 Å². The number of ether oxygens (including phenoxy) is 1.